The Morgan fingerprint density at radius 1 is 1.12 bits per heavy atom. The first kappa shape index (κ1) is 18.9. The summed E-state index contributed by atoms with van der Waals surface area (Å²) in [5.41, 5.74) is 5.76. The first-order chi connectivity index (χ1) is 12.5. The zero-order valence-corrected chi connectivity index (χ0v) is 17.3. The Balaban J connectivity index is 1.99. The van der Waals surface area contributed by atoms with E-state index in [-0.39, 0.29) is 5.91 Å². The number of benzene rings is 2. The molecule has 0 fully saturated rings. The predicted molar refractivity (Wildman–Crippen MR) is 113 cm³/mol. The van der Waals surface area contributed by atoms with Crippen LogP contribution in [0.4, 0.5) is 0 Å². The van der Waals surface area contributed by atoms with Gasteiger partial charge in [-0.2, -0.15) is 16.8 Å². The molecule has 0 atom stereocenters. The number of fused-ring (bicyclic) bond motifs is 1. The van der Waals surface area contributed by atoms with E-state index in [4.69, 9.17) is 0 Å². The quantitative estimate of drug-likeness (QED) is 0.641. The second-order valence-electron chi connectivity index (χ2n) is 6.61. The van der Waals surface area contributed by atoms with Crippen molar-refractivity contribution in [2.24, 2.45) is 4.99 Å². The van der Waals surface area contributed by atoms with Gasteiger partial charge in [0.1, 0.15) is 0 Å². The van der Waals surface area contributed by atoms with Crippen LogP contribution < -0.4 is 4.80 Å². The highest BCUT2D eigenvalue weighted by Gasteiger charge is 2.10. The van der Waals surface area contributed by atoms with Crippen LogP contribution in [0.25, 0.3) is 10.2 Å². The Hall–Kier alpha value is -1.85. The van der Waals surface area contributed by atoms with Crippen molar-refractivity contribution in [2.45, 2.75) is 33.7 Å². The number of thioether (sulfide) groups is 1. The molecule has 0 saturated heterocycles. The van der Waals surface area contributed by atoms with E-state index in [0.717, 1.165) is 33.7 Å². The Morgan fingerprint density at radius 3 is 2.62 bits per heavy atom. The molecule has 0 aliphatic rings. The Labute approximate surface area is 162 Å². The summed E-state index contributed by atoms with van der Waals surface area (Å²) in [6.45, 7) is 7.05. The van der Waals surface area contributed by atoms with Crippen LogP contribution in [-0.2, 0) is 17.8 Å². The van der Waals surface area contributed by atoms with Crippen molar-refractivity contribution < 1.29 is 4.79 Å². The van der Waals surface area contributed by atoms with Crippen LogP contribution in [0, 0.1) is 20.8 Å². The number of carbonyl (C=O) groups is 1. The van der Waals surface area contributed by atoms with E-state index in [2.05, 4.69) is 66.1 Å². The fraction of sp³-hybridized carbons (Fsp3) is 0.333. The van der Waals surface area contributed by atoms with Gasteiger partial charge >= 0.3 is 0 Å². The zero-order valence-electron chi connectivity index (χ0n) is 15.7. The molecule has 3 rings (SSSR count). The summed E-state index contributed by atoms with van der Waals surface area (Å²) < 4.78 is 3.36. The second-order valence-corrected chi connectivity index (χ2v) is 8.61. The van der Waals surface area contributed by atoms with Crippen LogP contribution in [0.3, 0.4) is 0 Å². The molecule has 0 unspecified atom stereocenters. The number of aromatic nitrogens is 1. The van der Waals surface area contributed by atoms with Crippen molar-refractivity contribution in [3.05, 3.63) is 63.5 Å². The second kappa shape index (κ2) is 8.23. The molecule has 3 aromatic rings. The number of hydrogen-bond donors (Lipinski definition) is 0. The molecule has 0 saturated carbocycles. The predicted octanol–water partition coefficient (Wildman–Crippen LogP) is 4.66. The molecule has 0 N–H and O–H groups in total. The number of carbonyl (C=O) groups excluding carboxylic acids is 1. The van der Waals surface area contributed by atoms with Gasteiger partial charge < -0.3 is 4.57 Å². The van der Waals surface area contributed by atoms with Crippen LogP contribution in [-0.4, -0.2) is 22.5 Å². The van der Waals surface area contributed by atoms with Gasteiger partial charge in [-0.05, 0) is 55.9 Å². The minimum Gasteiger partial charge on any atom is -0.316 e. The summed E-state index contributed by atoms with van der Waals surface area (Å²) in [5.74, 6) is 0.915. The summed E-state index contributed by atoms with van der Waals surface area (Å²) in [6, 6.07) is 12.6. The van der Waals surface area contributed by atoms with Gasteiger partial charge in [0.15, 0.2) is 4.80 Å². The first-order valence-corrected chi connectivity index (χ1v) is 10.9. The highest BCUT2D eigenvalue weighted by Crippen LogP contribution is 2.19. The van der Waals surface area contributed by atoms with Crippen molar-refractivity contribution >= 4 is 39.2 Å². The topological polar surface area (TPSA) is 34.4 Å². The van der Waals surface area contributed by atoms with E-state index in [1.807, 2.05) is 6.92 Å². The van der Waals surface area contributed by atoms with Gasteiger partial charge in [-0.1, -0.05) is 41.2 Å². The number of aryl methyl sites for hydroxylation is 4. The standard InChI is InChI=1S/C21H24N2OS2/c1-14-5-7-16(3)17(11-14)13-20(24)22-21-23(9-10-25-4)18-8-6-15(2)12-19(18)26-21/h5-8,11-12H,9-10,13H2,1-4H3. The SMILES string of the molecule is CSCCn1c(=NC(=O)Cc2cc(C)ccc2C)sc2cc(C)ccc21. The molecular weight excluding hydrogens is 360 g/mol. The summed E-state index contributed by atoms with van der Waals surface area (Å²) in [5, 5.41) is 0. The fourth-order valence-electron chi connectivity index (χ4n) is 2.96. The lowest BCUT2D eigenvalue weighted by molar-refractivity contribution is -0.117. The molecule has 0 bridgehead atoms. The van der Waals surface area contributed by atoms with E-state index in [1.165, 1.54) is 15.8 Å². The van der Waals surface area contributed by atoms with E-state index in [9.17, 15) is 4.79 Å². The molecule has 26 heavy (non-hydrogen) atoms. The third-order valence-corrected chi connectivity index (χ3v) is 6.06. The number of thiazole rings is 1. The molecule has 0 aliphatic carbocycles. The third kappa shape index (κ3) is 4.27. The van der Waals surface area contributed by atoms with Gasteiger partial charge in [0, 0.05) is 12.3 Å². The Bertz CT molecular complexity index is 1010. The highest BCUT2D eigenvalue weighted by molar-refractivity contribution is 7.98. The van der Waals surface area contributed by atoms with Gasteiger partial charge in [0.25, 0.3) is 5.91 Å². The molecule has 1 heterocycles. The lowest BCUT2D eigenvalue weighted by Crippen LogP contribution is -2.18. The number of hydrogen-bond acceptors (Lipinski definition) is 3. The summed E-state index contributed by atoms with van der Waals surface area (Å²) >= 11 is 3.40. The van der Waals surface area contributed by atoms with E-state index in [0.29, 0.717) is 6.42 Å². The molecule has 0 radical (unpaired) electrons. The van der Waals surface area contributed by atoms with Crippen molar-refractivity contribution in [1.82, 2.24) is 4.57 Å². The monoisotopic (exact) mass is 384 g/mol. The molecule has 1 aromatic heterocycles. The van der Waals surface area contributed by atoms with Gasteiger partial charge in [0.2, 0.25) is 0 Å². The molecule has 0 spiro atoms. The zero-order chi connectivity index (χ0) is 18.7. The Kier molecular flexibility index (Phi) is 5.99. The molecule has 3 nitrogen and oxygen atoms in total. The minimum absolute atomic E-state index is 0.0834. The van der Waals surface area contributed by atoms with Gasteiger partial charge in [0.05, 0.1) is 16.6 Å². The average Bonchev–Trinajstić information content (AvgIpc) is 2.92. The van der Waals surface area contributed by atoms with Crippen molar-refractivity contribution in [3.8, 4) is 0 Å². The summed E-state index contributed by atoms with van der Waals surface area (Å²) in [4.78, 5) is 17.9. The molecule has 0 aliphatic heterocycles. The lowest BCUT2D eigenvalue weighted by atomic mass is 10.0. The largest absolute Gasteiger partial charge is 0.316 e. The van der Waals surface area contributed by atoms with Crippen LogP contribution in [0.15, 0.2) is 41.4 Å². The maximum Gasteiger partial charge on any atom is 0.252 e. The lowest BCUT2D eigenvalue weighted by Gasteiger charge is -2.05. The summed E-state index contributed by atoms with van der Waals surface area (Å²) in [7, 11) is 0. The smallest absolute Gasteiger partial charge is 0.252 e. The van der Waals surface area contributed by atoms with Crippen LogP contribution >= 0.6 is 23.1 Å². The molecule has 1 amide bonds. The first-order valence-electron chi connectivity index (χ1n) is 8.70. The van der Waals surface area contributed by atoms with E-state index >= 15 is 0 Å². The molecule has 136 valence electrons. The molecular formula is C21H24N2OS2. The van der Waals surface area contributed by atoms with E-state index < -0.39 is 0 Å². The fourth-order valence-corrected chi connectivity index (χ4v) is 4.50. The number of rotatable bonds is 5. The van der Waals surface area contributed by atoms with Gasteiger partial charge in [-0.25, -0.2) is 0 Å². The van der Waals surface area contributed by atoms with Crippen LogP contribution in [0.2, 0.25) is 0 Å². The summed E-state index contributed by atoms with van der Waals surface area (Å²) in [6.07, 6.45) is 2.45. The minimum atomic E-state index is -0.0834. The van der Waals surface area contributed by atoms with Crippen LogP contribution in [0.1, 0.15) is 22.3 Å². The maximum absolute atomic E-state index is 12.6. The van der Waals surface area contributed by atoms with Crippen molar-refractivity contribution in [3.63, 3.8) is 0 Å². The maximum atomic E-state index is 12.6. The highest BCUT2D eigenvalue weighted by atomic mass is 32.2. The van der Waals surface area contributed by atoms with Crippen LogP contribution in [0.5, 0.6) is 0 Å². The van der Waals surface area contributed by atoms with E-state index in [1.54, 1.807) is 23.1 Å². The van der Waals surface area contributed by atoms with Gasteiger partial charge in [-0.15, -0.1) is 0 Å². The van der Waals surface area contributed by atoms with Crippen molar-refractivity contribution in [1.29, 1.82) is 0 Å². The normalized spacial score (nSPS) is 12.1. The number of amides is 1. The third-order valence-electron chi connectivity index (χ3n) is 4.42. The molecule has 2 aromatic carbocycles. The average molecular weight is 385 g/mol. The van der Waals surface area contributed by atoms with Gasteiger partial charge in [-0.3, -0.25) is 4.79 Å². The molecule has 5 heteroatoms. The van der Waals surface area contributed by atoms with Crippen molar-refractivity contribution in [2.75, 3.05) is 12.0 Å². The Morgan fingerprint density at radius 2 is 1.85 bits per heavy atom. The number of nitrogens with zero attached hydrogens (tertiary/aromatic N) is 2.